The van der Waals surface area contributed by atoms with Crippen molar-refractivity contribution in [2.45, 2.75) is 25.2 Å². The van der Waals surface area contributed by atoms with Gasteiger partial charge in [0, 0.05) is 12.0 Å². The molecule has 2 rings (SSSR count). The van der Waals surface area contributed by atoms with Crippen LogP contribution >= 0.6 is 0 Å². The Morgan fingerprint density at radius 1 is 1.42 bits per heavy atom. The zero-order valence-corrected chi connectivity index (χ0v) is 10.1. The number of carbonyl (C=O) groups is 1. The Bertz CT molecular complexity index is 498. The lowest BCUT2D eigenvalue weighted by molar-refractivity contribution is -0.147. The van der Waals surface area contributed by atoms with Crippen LogP contribution in [0.15, 0.2) is 24.3 Å². The number of benzene rings is 1. The molecule has 1 aliphatic rings. The molecular formula is C13H12F4O2. The van der Waals surface area contributed by atoms with E-state index in [1.807, 2.05) is 0 Å². The Kier molecular flexibility index (Phi) is 3.28. The van der Waals surface area contributed by atoms with Crippen molar-refractivity contribution in [3.05, 3.63) is 35.4 Å². The monoisotopic (exact) mass is 276 g/mol. The fourth-order valence-electron chi connectivity index (χ4n) is 2.14. The van der Waals surface area contributed by atoms with Gasteiger partial charge in [-0.1, -0.05) is 18.2 Å². The van der Waals surface area contributed by atoms with E-state index < -0.39 is 34.9 Å². The molecule has 1 aromatic carbocycles. The minimum absolute atomic E-state index is 0.0757. The van der Waals surface area contributed by atoms with E-state index >= 15 is 0 Å². The highest BCUT2D eigenvalue weighted by Gasteiger charge is 2.63. The van der Waals surface area contributed by atoms with E-state index in [1.54, 1.807) is 6.92 Å². The summed E-state index contributed by atoms with van der Waals surface area (Å²) >= 11 is 0. The summed E-state index contributed by atoms with van der Waals surface area (Å²) in [6, 6.07) is 4.41. The molecule has 0 spiro atoms. The zero-order valence-electron chi connectivity index (χ0n) is 10.1. The lowest BCUT2D eigenvalue weighted by Crippen LogP contribution is -2.18. The molecular weight excluding hydrogens is 264 g/mol. The highest BCUT2D eigenvalue weighted by Crippen LogP contribution is 2.58. The molecule has 19 heavy (non-hydrogen) atoms. The van der Waals surface area contributed by atoms with Crippen molar-refractivity contribution in [2.75, 3.05) is 6.61 Å². The summed E-state index contributed by atoms with van der Waals surface area (Å²) in [5.74, 6) is -1.93. The summed E-state index contributed by atoms with van der Waals surface area (Å²) in [7, 11) is 0. The van der Waals surface area contributed by atoms with E-state index in [-0.39, 0.29) is 13.0 Å². The Morgan fingerprint density at radius 3 is 2.63 bits per heavy atom. The lowest BCUT2D eigenvalue weighted by atomic mass is 9.99. The first kappa shape index (κ1) is 13.8. The summed E-state index contributed by atoms with van der Waals surface area (Å²) in [5.41, 5.74) is -3.79. The van der Waals surface area contributed by atoms with Gasteiger partial charge in [-0.05, 0) is 13.0 Å². The highest BCUT2D eigenvalue weighted by atomic mass is 19.4. The molecule has 0 unspecified atom stereocenters. The predicted octanol–water partition coefficient (Wildman–Crippen LogP) is 3.45. The van der Waals surface area contributed by atoms with E-state index in [9.17, 15) is 22.4 Å². The van der Waals surface area contributed by atoms with Crippen molar-refractivity contribution in [3.63, 3.8) is 0 Å². The van der Waals surface area contributed by atoms with Gasteiger partial charge >= 0.3 is 12.1 Å². The summed E-state index contributed by atoms with van der Waals surface area (Å²) in [4.78, 5) is 11.4. The topological polar surface area (TPSA) is 26.3 Å². The van der Waals surface area contributed by atoms with Gasteiger partial charge in [0.25, 0.3) is 0 Å². The van der Waals surface area contributed by atoms with E-state index in [1.165, 1.54) is 12.1 Å². The van der Waals surface area contributed by atoms with Gasteiger partial charge < -0.3 is 4.74 Å². The number of carbonyl (C=O) groups excluding carboxylic acids is 1. The summed E-state index contributed by atoms with van der Waals surface area (Å²) in [6.45, 7) is 1.64. The van der Waals surface area contributed by atoms with Gasteiger partial charge in [-0.2, -0.15) is 13.2 Å². The summed E-state index contributed by atoms with van der Waals surface area (Å²) < 4.78 is 57.5. The SMILES string of the molecule is CCOC(=O)[C@H]1C[C@]1(F)c1ccccc1C(F)(F)F. The van der Waals surface area contributed by atoms with Crippen LogP contribution in [0.4, 0.5) is 17.6 Å². The first-order valence-corrected chi connectivity index (χ1v) is 5.83. The first-order chi connectivity index (χ1) is 8.80. The van der Waals surface area contributed by atoms with E-state index in [4.69, 9.17) is 0 Å². The third kappa shape index (κ3) is 2.43. The van der Waals surface area contributed by atoms with Crippen LogP contribution in [0, 0.1) is 5.92 Å². The van der Waals surface area contributed by atoms with Crippen LogP contribution in [-0.2, 0) is 21.4 Å². The van der Waals surface area contributed by atoms with Crippen molar-refractivity contribution < 1.29 is 27.1 Å². The van der Waals surface area contributed by atoms with Gasteiger partial charge in [-0.15, -0.1) is 0 Å². The number of alkyl halides is 4. The van der Waals surface area contributed by atoms with Gasteiger partial charge in [0.2, 0.25) is 0 Å². The molecule has 1 aliphatic carbocycles. The molecule has 1 aromatic rings. The van der Waals surface area contributed by atoms with Gasteiger partial charge in [0.05, 0.1) is 18.1 Å². The Labute approximate surface area is 107 Å². The molecule has 0 aromatic heterocycles. The largest absolute Gasteiger partial charge is 0.466 e. The summed E-state index contributed by atoms with van der Waals surface area (Å²) in [6.07, 6.45) is -4.91. The maximum atomic E-state index is 14.5. The second-order valence-electron chi connectivity index (χ2n) is 4.41. The molecule has 0 aliphatic heterocycles. The molecule has 2 nitrogen and oxygen atoms in total. The second kappa shape index (κ2) is 4.51. The van der Waals surface area contributed by atoms with Crippen LogP contribution in [-0.4, -0.2) is 12.6 Å². The van der Waals surface area contributed by atoms with E-state index in [2.05, 4.69) is 4.74 Å². The number of ether oxygens (including phenoxy) is 1. The fraction of sp³-hybridized carbons (Fsp3) is 0.462. The Morgan fingerprint density at radius 2 is 2.05 bits per heavy atom. The summed E-state index contributed by atoms with van der Waals surface area (Å²) in [5, 5.41) is 0. The first-order valence-electron chi connectivity index (χ1n) is 5.83. The highest BCUT2D eigenvalue weighted by molar-refractivity contribution is 5.78. The molecule has 2 atom stereocenters. The molecule has 1 saturated carbocycles. The number of hydrogen-bond donors (Lipinski definition) is 0. The molecule has 0 saturated heterocycles. The van der Waals surface area contributed by atoms with Crippen molar-refractivity contribution in [2.24, 2.45) is 5.92 Å². The average Bonchev–Trinajstić information content (AvgIpc) is 3.03. The maximum Gasteiger partial charge on any atom is 0.416 e. The predicted molar refractivity (Wildman–Crippen MR) is 59.0 cm³/mol. The maximum absolute atomic E-state index is 14.5. The van der Waals surface area contributed by atoms with E-state index in [0.717, 1.165) is 12.1 Å². The quantitative estimate of drug-likeness (QED) is 0.624. The molecule has 104 valence electrons. The van der Waals surface area contributed by atoms with Crippen LogP contribution in [0.5, 0.6) is 0 Å². The third-order valence-electron chi connectivity index (χ3n) is 3.14. The van der Waals surface area contributed by atoms with Crippen molar-refractivity contribution in [1.82, 2.24) is 0 Å². The van der Waals surface area contributed by atoms with Crippen molar-refractivity contribution in [3.8, 4) is 0 Å². The minimum atomic E-state index is -4.64. The Balaban J connectivity index is 2.32. The molecule has 6 heteroatoms. The van der Waals surface area contributed by atoms with Crippen molar-refractivity contribution >= 4 is 5.97 Å². The normalized spacial score (nSPS) is 26.1. The Hall–Kier alpha value is -1.59. The van der Waals surface area contributed by atoms with Crippen LogP contribution in [0.25, 0.3) is 0 Å². The standard InChI is InChI=1S/C13H12F4O2/c1-2-19-11(18)10-7-12(10,14)8-5-3-4-6-9(8)13(15,16)17/h3-6,10H,2,7H2,1H3/t10-,12+/m1/s1. The lowest BCUT2D eigenvalue weighted by Gasteiger charge is -2.15. The number of esters is 1. The number of hydrogen-bond acceptors (Lipinski definition) is 2. The zero-order chi connectivity index (χ0) is 14.3. The fourth-order valence-corrected chi connectivity index (χ4v) is 2.14. The van der Waals surface area contributed by atoms with Crippen LogP contribution in [0.2, 0.25) is 0 Å². The number of halogens is 4. The van der Waals surface area contributed by atoms with E-state index in [0.29, 0.717) is 0 Å². The van der Waals surface area contributed by atoms with Crippen LogP contribution < -0.4 is 0 Å². The van der Waals surface area contributed by atoms with Gasteiger partial charge in [-0.3, -0.25) is 4.79 Å². The molecule has 0 bridgehead atoms. The van der Waals surface area contributed by atoms with Gasteiger partial charge in [-0.25, -0.2) is 4.39 Å². The van der Waals surface area contributed by atoms with Gasteiger partial charge in [0.15, 0.2) is 5.67 Å². The minimum Gasteiger partial charge on any atom is -0.466 e. The average molecular weight is 276 g/mol. The smallest absolute Gasteiger partial charge is 0.416 e. The molecule has 0 N–H and O–H groups in total. The molecule has 1 fully saturated rings. The third-order valence-corrected chi connectivity index (χ3v) is 3.14. The number of rotatable bonds is 3. The van der Waals surface area contributed by atoms with Crippen molar-refractivity contribution in [1.29, 1.82) is 0 Å². The van der Waals surface area contributed by atoms with Crippen LogP contribution in [0.1, 0.15) is 24.5 Å². The molecule has 0 amide bonds. The van der Waals surface area contributed by atoms with Gasteiger partial charge in [0.1, 0.15) is 0 Å². The molecule has 0 heterocycles. The second-order valence-corrected chi connectivity index (χ2v) is 4.41. The molecule has 0 radical (unpaired) electrons. The van der Waals surface area contributed by atoms with Crippen LogP contribution in [0.3, 0.4) is 0 Å².